The third-order valence-corrected chi connectivity index (χ3v) is 4.90. The first kappa shape index (κ1) is 15.3. The summed E-state index contributed by atoms with van der Waals surface area (Å²) in [5.74, 6) is 0.981. The first-order chi connectivity index (χ1) is 9.65. The maximum absolute atomic E-state index is 13.7. The summed E-state index contributed by atoms with van der Waals surface area (Å²) >= 11 is 1.98. The second-order valence-electron chi connectivity index (χ2n) is 4.98. The molecule has 1 saturated carbocycles. The maximum Gasteiger partial charge on any atom is 0.167 e. The summed E-state index contributed by atoms with van der Waals surface area (Å²) in [7, 11) is 0. The van der Waals surface area contributed by atoms with Gasteiger partial charge < -0.3 is 15.8 Å². The summed E-state index contributed by atoms with van der Waals surface area (Å²) < 4.78 is 19.0. The van der Waals surface area contributed by atoms with Gasteiger partial charge in [-0.3, -0.25) is 0 Å². The minimum Gasteiger partial charge on any atom is -0.491 e. The molecule has 5 heteroatoms. The van der Waals surface area contributed by atoms with Crippen molar-refractivity contribution in [3.8, 4) is 5.75 Å². The molecule has 0 heterocycles. The predicted molar refractivity (Wildman–Crippen MR) is 85.2 cm³/mol. The Bertz CT molecular complexity index is 456. The summed E-state index contributed by atoms with van der Waals surface area (Å²) in [6, 6.07) is 3.42. The number of halogens is 1. The molecule has 0 saturated heterocycles. The van der Waals surface area contributed by atoms with Crippen molar-refractivity contribution in [3.05, 3.63) is 17.9 Å². The van der Waals surface area contributed by atoms with E-state index in [4.69, 9.17) is 10.5 Å². The second kappa shape index (κ2) is 7.07. The Balaban J connectivity index is 2.13. The highest BCUT2D eigenvalue weighted by molar-refractivity contribution is 7.99. The van der Waals surface area contributed by atoms with Crippen molar-refractivity contribution >= 4 is 23.1 Å². The molecule has 0 aliphatic heterocycles. The Hall–Kier alpha value is -1.10. The van der Waals surface area contributed by atoms with Gasteiger partial charge in [-0.15, -0.1) is 0 Å². The monoisotopic (exact) mass is 298 g/mol. The molecule has 112 valence electrons. The Labute approximate surface area is 124 Å². The average molecular weight is 298 g/mol. The third kappa shape index (κ3) is 3.51. The number of thioether (sulfide) groups is 1. The fourth-order valence-corrected chi connectivity index (χ4v) is 3.86. The van der Waals surface area contributed by atoms with Crippen LogP contribution >= 0.6 is 11.8 Å². The van der Waals surface area contributed by atoms with Gasteiger partial charge in [-0.05, 0) is 25.5 Å². The van der Waals surface area contributed by atoms with Crippen molar-refractivity contribution in [1.82, 2.24) is 0 Å². The fraction of sp³-hybridized carbons (Fsp3) is 0.600. The lowest BCUT2D eigenvalue weighted by Gasteiger charge is -2.22. The Morgan fingerprint density at radius 1 is 1.40 bits per heavy atom. The Morgan fingerprint density at radius 2 is 2.20 bits per heavy atom. The summed E-state index contributed by atoms with van der Waals surface area (Å²) in [6.45, 7) is 4.46. The van der Waals surface area contributed by atoms with Crippen LogP contribution in [0.4, 0.5) is 15.8 Å². The van der Waals surface area contributed by atoms with E-state index in [2.05, 4.69) is 12.2 Å². The van der Waals surface area contributed by atoms with Gasteiger partial charge >= 0.3 is 0 Å². The van der Waals surface area contributed by atoms with Crippen LogP contribution in [0.1, 0.15) is 33.1 Å². The number of benzene rings is 1. The molecule has 1 aromatic rings. The van der Waals surface area contributed by atoms with Gasteiger partial charge in [0.15, 0.2) is 11.6 Å². The maximum atomic E-state index is 13.7. The molecule has 0 aromatic heterocycles. The number of hydrogen-bond acceptors (Lipinski definition) is 4. The van der Waals surface area contributed by atoms with Crippen molar-refractivity contribution in [2.24, 2.45) is 0 Å². The molecular formula is C15H23FN2OS. The standard InChI is InChI=1S/C15H23FN2OS/c1-3-19-14-9-13(11(17)8-10(14)16)18-12-6-5-7-15(12)20-4-2/h8-9,12,15,18H,3-7,17H2,1-2H3. The molecule has 2 unspecified atom stereocenters. The minimum atomic E-state index is -0.402. The van der Waals surface area contributed by atoms with E-state index >= 15 is 0 Å². The molecule has 20 heavy (non-hydrogen) atoms. The van der Waals surface area contributed by atoms with Crippen LogP contribution in [0, 0.1) is 5.82 Å². The molecule has 3 nitrogen and oxygen atoms in total. The van der Waals surface area contributed by atoms with Crippen molar-refractivity contribution in [2.75, 3.05) is 23.4 Å². The van der Waals surface area contributed by atoms with Gasteiger partial charge in [0.25, 0.3) is 0 Å². The van der Waals surface area contributed by atoms with Crippen molar-refractivity contribution < 1.29 is 9.13 Å². The number of ether oxygens (including phenoxy) is 1. The largest absolute Gasteiger partial charge is 0.491 e. The average Bonchev–Trinajstić information content (AvgIpc) is 2.83. The van der Waals surface area contributed by atoms with Crippen LogP contribution in [0.5, 0.6) is 5.75 Å². The van der Waals surface area contributed by atoms with Gasteiger partial charge in [-0.25, -0.2) is 4.39 Å². The zero-order chi connectivity index (χ0) is 14.5. The van der Waals surface area contributed by atoms with Crippen molar-refractivity contribution in [2.45, 2.75) is 44.4 Å². The van der Waals surface area contributed by atoms with Crippen molar-refractivity contribution in [3.63, 3.8) is 0 Å². The molecule has 1 fully saturated rings. The summed E-state index contributed by atoms with van der Waals surface area (Å²) in [5, 5.41) is 4.09. The molecule has 1 aliphatic rings. The van der Waals surface area contributed by atoms with E-state index in [1.165, 1.54) is 18.9 Å². The van der Waals surface area contributed by atoms with Crippen LogP contribution < -0.4 is 15.8 Å². The van der Waals surface area contributed by atoms with Gasteiger partial charge in [-0.1, -0.05) is 13.3 Å². The second-order valence-corrected chi connectivity index (χ2v) is 6.49. The van der Waals surface area contributed by atoms with Crippen LogP contribution in [-0.4, -0.2) is 23.7 Å². The topological polar surface area (TPSA) is 47.3 Å². The number of rotatable bonds is 6. The highest BCUT2D eigenvalue weighted by Crippen LogP contribution is 2.35. The molecule has 1 aliphatic carbocycles. The van der Waals surface area contributed by atoms with Crippen LogP contribution in [0.2, 0.25) is 0 Å². The van der Waals surface area contributed by atoms with Gasteiger partial charge in [0.05, 0.1) is 18.0 Å². The van der Waals surface area contributed by atoms with Crippen LogP contribution in [-0.2, 0) is 0 Å². The summed E-state index contributed by atoms with van der Waals surface area (Å²) in [6.07, 6.45) is 3.60. The van der Waals surface area contributed by atoms with Crippen LogP contribution in [0.15, 0.2) is 12.1 Å². The minimum absolute atomic E-state index is 0.266. The van der Waals surface area contributed by atoms with E-state index in [-0.39, 0.29) is 5.75 Å². The summed E-state index contributed by atoms with van der Waals surface area (Å²) in [4.78, 5) is 0. The quantitative estimate of drug-likeness (QED) is 0.782. The lowest BCUT2D eigenvalue weighted by atomic mass is 10.2. The normalized spacial score (nSPS) is 21.9. The van der Waals surface area contributed by atoms with Gasteiger partial charge in [0.1, 0.15) is 0 Å². The molecule has 1 aromatic carbocycles. The highest BCUT2D eigenvalue weighted by atomic mass is 32.2. The number of hydrogen-bond donors (Lipinski definition) is 2. The van der Waals surface area contributed by atoms with Gasteiger partial charge in [0.2, 0.25) is 0 Å². The smallest absolute Gasteiger partial charge is 0.167 e. The van der Waals surface area contributed by atoms with E-state index < -0.39 is 5.82 Å². The molecular weight excluding hydrogens is 275 g/mol. The lowest BCUT2D eigenvalue weighted by Crippen LogP contribution is -2.26. The number of nitrogens with two attached hydrogens (primary N) is 1. The number of nitrogen functional groups attached to an aromatic ring is 1. The van der Waals surface area contributed by atoms with Crippen LogP contribution in [0.25, 0.3) is 0 Å². The van der Waals surface area contributed by atoms with E-state index in [0.29, 0.717) is 23.6 Å². The lowest BCUT2D eigenvalue weighted by molar-refractivity contribution is 0.322. The highest BCUT2D eigenvalue weighted by Gasteiger charge is 2.27. The predicted octanol–water partition coefficient (Wildman–Crippen LogP) is 3.89. The first-order valence-electron chi connectivity index (χ1n) is 7.25. The van der Waals surface area contributed by atoms with Crippen LogP contribution in [0.3, 0.4) is 0 Å². The molecule has 2 atom stereocenters. The SMILES string of the molecule is CCOc1cc(NC2CCCC2SCC)c(N)cc1F. The third-order valence-electron chi connectivity index (χ3n) is 3.58. The first-order valence-corrected chi connectivity index (χ1v) is 8.30. The molecule has 0 radical (unpaired) electrons. The Kier molecular flexibility index (Phi) is 5.40. The van der Waals surface area contributed by atoms with E-state index in [0.717, 1.165) is 17.9 Å². The van der Waals surface area contributed by atoms with E-state index in [1.807, 2.05) is 18.7 Å². The zero-order valence-corrected chi connectivity index (χ0v) is 12.9. The molecule has 2 rings (SSSR count). The molecule has 0 bridgehead atoms. The van der Waals surface area contributed by atoms with E-state index in [9.17, 15) is 4.39 Å². The number of nitrogens with one attached hydrogen (secondary N) is 1. The number of anilines is 2. The molecule has 0 amide bonds. The zero-order valence-electron chi connectivity index (χ0n) is 12.1. The Morgan fingerprint density at radius 3 is 2.90 bits per heavy atom. The summed E-state index contributed by atoms with van der Waals surface area (Å²) in [5.41, 5.74) is 7.14. The van der Waals surface area contributed by atoms with E-state index in [1.54, 1.807) is 6.07 Å². The molecule has 3 N–H and O–H groups in total. The fourth-order valence-electron chi connectivity index (χ4n) is 2.66. The van der Waals surface area contributed by atoms with Gasteiger partial charge in [0, 0.05) is 23.4 Å². The van der Waals surface area contributed by atoms with Crippen molar-refractivity contribution in [1.29, 1.82) is 0 Å². The molecule has 0 spiro atoms. The van der Waals surface area contributed by atoms with Gasteiger partial charge in [-0.2, -0.15) is 11.8 Å².